The lowest BCUT2D eigenvalue weighted by Gasteiger charge is -2.32. The molecule has 4 heteroatoms. The van der Waals surface area contributed by atoms with Crippen molar-refractivity contribution in [3.05, 3.63) is 35.9 Å². The summed E-state index contributed by atoms with van der Waals surface area (Å²) in [6.07, 6.45) is 6.44. The monoisotopic (exact) mass is 312 g/mol. The van der Waals surface area contributed by atoms with Gasteiger partial charge in [-0.3, -0.25) is 0 Å². The maximum Gasteiger partial charge on any atom is 0.494 e. The van der Waals surface area contributed by atoms with Crippen molar-refractivity contribution in [3.8, 4) is 0 Å². The molecule has 0 aromatic heterocycles. The van der Waals surface area contributed by atoms with Gasteiger partial charge in [-0.2, -0.15) is 0 Å². The molecule has 0 saturated carbocycles. The molecule has 3 nitrogen and oxygen atoms in total. The van der Waals surface area contributed by atoms with Gasteiger partial charge in [-0.1, -0.05) is 30.3 Å². The third-order valence-electron chi connectivity index (χ3n) is 5.78. The van der Waals surface area contributed by atoms with Crippen molar-refractivity contribution in [2.45, 2.75) is 70.4 Å². The minimum absolute atomic E-state index is 0.283. The molecule has 23 heavy (non-hydrogen) atoms. The molecular formula is C19H25BO3. The lowest BCUT2D eigenvalue weighted by Crippen LogP contribution is -2.41. The van der Waals surface area contributed by atoms with Crippen LogP contribution in [0, 0.1) is 0 Å². The number of rotatable bonds is 2. The Labute approximate surface area is 139 Å². The third kappa shape index (κ3) is 2.67. The van der Waals surface area contributed by atoms with Gasteiger partial charge in [-0.15, -0.1) is 0 Å². The molecule has 122 valence electrons. The summed E-state index contributed by atoms with van der Waals surface area (Å²) < 4.78 is 18.1. The zero-order valence-electron chi connectivity index (χ0n) is 14.5. The molecular weight excluding hydrogens is 287 g/mol. The van der Waals surface area contributed by atoms with Crippen molar-refractivity contribution in [1.82, 2.24) is 0 Å². The number of ether oxygens (including phenoxy) is 1. The molecule has 0 N–H and O–H groups in total. The molecule has 3 heterocycles. The Kier molecular flexibility index (Phi) is 3.49. The normalized spacial score (nSPS) is 31.3. The predicted molar refractivity (Wildman–Crippen MR) is 92.6 cm³/mol. The molecule has 2 unspecified atom stereocenters. The van der Waals surface area contributed by atoms with E-state index in [1.807, 2.05) is 0 Å². The summed E-state index contributed by atoms with van der Waals surface area (Å²) in [6, 6.07) is 8.65. The fourth-order valence-electron chi connectivity index (χ4n) is 3.59. The third-order valence-corrected chi connectivity index (χ3v) is 5.78. The van der Waals surface area contributed by atoms with E-state index in [1.165, 1.54) is 24.0 Å². The summed E-state index contributed by atoms with van der Waals surface area (Å²) in [5.74, 6) is 0. The average Bonchev–Trinajstić information content (AvgIpc) is 2.95. The zero-order valence-corrected chi connectivity index (χ0v) is 14.5. The summed E-state index contributed by atoms with van der Waals surface area (Å²) in [5, 5.41) is 0. The Hall–Kier alpha value is -1.10. The van der Waals surface area contributed by atoms with E-state index < -0.39 is 0 Å². The van der Waals surface area contributed by atoms with Crippen molar-refractivity contribution in [2.75, 3.05) is 0 Å². The second kappa shape index (κ2) is 5.20. The molecule has 0 radical (unpaired) electrons. The molecule has 1 aromatic carbocycles. The van der Waals surface area contributed by atoms with E-state index in [0.717, 1.165) is 11.9 Å². The standard InChI is InChI=1S/C19H25BO3/c1-18(2)19(3,4)23-20(22-18)15-7-5-13(6-8-15)14-11-16-9-10-17(12-14)21-16/h5-8,11,16-17H,9-10,12H2,1-4H3. The van der Waals surface area contributed by atoms with Gasteiger partial charge in [0.2, 0.25) is 0 Å². The van der Waals surface area contributed by atoms with Crippen LogP contribution in [0.1, 0.15) is 52.5 Å². The van der Waals surface area contributed by atoms with Gasteiger partial charge in [0, 0.05) is 0 Å². The summed E-state index contributed by atoms with van der Waals surface area (Å²) >= 11 is 0. The highest BCUT2D eigenvalue weighted by atomic mass is 16.7. The Bertz CT molecular complexity index is 617. The van der Waals surface area contributed by atoms with Gasteiger partial charge in [0.25, 0.3) is 0 Å². The maximum atomic E-state index is 6.12. The quantitative estimate of drug-likeness (QED) is 0.784. The molecule has 0 spiro atoms. The molecule has 3 aliphatic rings. The van der Waals surface area contributed by atoms with Crippen LogP contribution in [0.15, 0.2) is 30.3 Å². The Morgan fingerprint density at radius 2 is 1.61 bits per heavy atom. The van der Waals surface area contributed by atoms with Gasteiger partial charge in [0.15, 0.2) is 0 Å². The Morgan fingerprint density at radius 3 is 2.22 bits per heavy atom. The van der Waals surface area contributed by atoms with Gasteiger partial charge < -0.3 is 14.0 Å². The van der Waals surface area contributed by atoms with Crippen LogP contribution in [-0.4, -0.2) is 30.5 Å². The molecule has 2 saturated heterocycles. The SMILES string of the molecule is CC1(C)OB(c2ccc(C3=CC4CCC(C3)O4)cc2)OC1(C)C. The molecule has 0 amide bonds. The highest BCUT2D eigenvalue weighted by Gasteiger charge is 2.51. The van der Waals surface area contributed by atoms with Gasteiger partial charge in [-0.25, -0.2) is 0 Å². The first-order valence-corrected chi connectivity index (χ1v) is 8.66. The van der Waals surface area contributed by atoms with Crippen LogP contribution in [0.4, 0.5) is 0 Å². The highest BCUT2D eigenvalue weighted by molar-refractivity contribution is 6.62. The van der Waals surface area contributed by atoms with Crippen molar-refractivity contribution >= 4 is 18.2 Å². The number of benzene rings is 1. The van der Waals surface area contributed by atoms with Crippen LogP contribution >= 0.6 is 0 Å². The molecule has 2 fully saturated rings. The first kappa shape index (κ1) is 15.4. The van der Waals surface area contributed by atoms with Gasteiger partial charge in [0.05, 0.1) is 23.4 Å². The highest BCUT2D eigenvalue weighted by Crippen LogP contribution is 2.37. The molecule has 2 bridgehead atoms. The lowest BCUT2D eigenvalue weighted by atomic mass is 9.78. The average molecular weight is 312 g/mol. The number of hydrogen-bond donors (Lipinski definition) is 0. The molecule has 2 atom stereocenters. The zero-order chi connectivity index (χ0) is 16.2. The van der Waals surface area contributed by atoms with E-state index in [1.54, 1.807) is 0 Å². The van der Waals surface area contributed by atoms with E-state index in [2.05, 4.69) is 58.0 Å². The minimum atomic E-state index is -0.293. The van der Waals surface area contributed by atoms with Crippen LogP contribution in [0.5, 0.6) is 0 Å². The fraction of sp³-hybridized carbons (Fsp3) is 0.579. The lowest BCUT2D eigenvalue weighted by molar-refractivity contribution is 0.00578. The summed E-state index contributed by atoms with van der Waals surface area (Å²) in [6.45, 7) is 8.35. The van der Waals surface area contributed by atoms with Gasteiger partial charge in [0.1, 0.15) is 0 Å². The van der Waals surface area contributed by atoms with E-state index >= 15 is 0 Å². The van der Waals surface area contributed by atoms with Crippen LogP contribution in [0.25, 0.3) is 5.57 Å². The Morgan fingerprint density at radius 1 is 0.957 bits per heavy atom. The largest absolute Gasteiger partial charge is 0.494 e. The van der Waals surface area contributed by atoms with E-state index in [0.29, 0.717) is 12.2 Å². The van der Waals surface area contributed by atoms with Crippen LogP contribution in [0.2, 0.25) is 0 Å². The van der Waals surface area contributed by atoms with Crippen LogP contribution in [0.3, 0.4) is 0 Å². The van der Waals surface area contributed by atoms with Crippen molar-refractivity contribution in [2.24, 2.45) is 0 Å². The maximum absolute atomic E-state index is 6.12. The fourth-order valence-corrected chi connectivity index (χ4v) is 3.59. The second-order valence-electron chi connectivity index (χ2n) is 7.98. The van der Waals surface area contributed by atoms with E-state index in [-0.39, 0.29) is 18.3 Å². The van der Waals surface area contributed by atoms with Crippen molar-refractivity contribution < 1.29 is 14.0 Å². The van der Waals surface area contributed by atoms with Crippen LogP contribution < -0.4 is 5.46 Å². The van der Waals surface area contributed by atoms with Gasteiger partial charge in [-0.05, 0) is 63.6 Å². The van der Waals surface area contributed by atoms with Crippen molar-refractivity contribution in [1.29, 1.82) is 0 Å². The molecule has 1 aromatic rings. The molecule has 4 rings (SSSR count). The second-order valence-corrected chi connectivity index (χ2v) is 7.98. The number of fused-ring (bicyclic) bond motifs is 2. The van der Waals surface area contributed by atoms with E-state index in [9.17, 15) is 0 Å². The molecule has 3 aliphatic heterocycles. The summed E-state index contributed by atoms with van der Waals surface area (Å²) in [7, 11) is -0.283. The first-order valence-electron chi connectivity index (χ1n) is 8.66. The van der Waals surface area contributed by atoms with Gasteiger partial charge >= 0.3 is 7.12 Å². The first-order chi connectivity index (χ1) is 10.8. The van der Waals surface area contributed by atoms with Crippen LogP contribution in [-0.2, 0) is 14.0 Å². The van der Waals surface area contributed by atoms with Crippen molar-refractivity contribution in [3.63, 3.8) is 0 Å². The summed E-state index contributed by atoms with van der Waals surface area (Å²) in [4.78, 5) is 0. The Balaban J connectivity index is 1.53. The number of hydrogen-bond acceptors (Lipinski definition) is 3. The topological polar surface area (TPSA) is 27.7 Å². The van der Waals surface area contributed by atoms with E-state index in [4.69, 9.17) is 14.0 Å². The minimum Gasteiger partial charge on any atom is -0.399 e. The molecule has 0 aliphatic carbocycles. The smallest absolute Gasteiger partial charge is 0.399 e. The summed E-state index contributed by atoms with van der Waals surface area (Å²) in [5.41, 5.74) is 3.22. The predicted octanol–water partition coefficient (Wildman–Crippen LogP) is 3.32.